The van der Waals surface area contributed by atoms with E-state index in [1.807, 2.05) is 0 Å². The fourth-order valence-corrected chi connectivity index (χ4v) is 2.24. The van der Waals surface area contributed by atoms with E-state index in [0.717, 1.165) is 22.5 Å². The lowest BCUT2D eigenvalue weighted by Crippen LogP contribution is -2.30. The van der Waals surface area contributed by atoms with E-state index in [9.17, 15) is 22.4 Å². The first-order valence-electron chi connectivity index (χ1n) is 5.79. The van der Waals surface area contributed by atoms with E-state index < -0.39 is 39.4 Å². The fourth-order valence-electron chi connectivity index (χ4n) is 1.31. The molecule has 1 atom stereocenters. The second kappa shape index (κ2) is 6.19. The molecule has 7 nitrogen and oxygen atoms in total. The van der Waals surface area contributed by atoms with Crippen LogP contribution in [0.25, 0.3) is 0 Å². The number of nitrogens with two attached hydrogens (primary N) is 1. The lowest BCUT2D eigenvalue weighted by Gasteiger charge is -2.13. The number of carbonyl (C=O) groups is 2. The van der Waals surface area contributed by atoms with Crippen molar-refractivity contribution in [2.75, 3.05) is 14.1 Å². The average molecular weight is 318 g/mol. The van der Waals surface area contributed by atoms with Gasteiger partial charge in [0.15, 0.2) is 6.10 Å². The van der Waals surface area contributed by atoms with E-state index in [-0.39, 0.29) is 4.90 Å². The first-order chi connectivity index (χ1) is 9.57. The van der Waals surface area contributed by atoms with Crippen LogP contribution in [0.15, 0.2) is 23.1 Å². The summed E-state index contributed by atoms with van der Waals surface area (Å²) in [5.41, 5.74) is 4.34. The highest BCUT2D eigenvalue weighted by Gasteiger charge is 2.24. The second-order valence-electron chi connectivity index (χ2n) is 4.38. The van der Waals surface area contributed by atoms with Crippen molar-refractivity contribution in [1.29, 1.82) is 0 Å². The van der Waals surface area contributed by atoms with Gasteiger partial charge in [-0.3, -0.25) is 4.79 Å². The summed E-state index contributed by atoms with van der Waals surface area (Å²) >= 11 is 0. The number of primary amides is 1. The largest absolute Gasteiger partial charge is 0.449 e. The van der Waals surface area contributed by atoms with Gasteiger partial charge in [-0.15, -0.1) is 0 Å². The van der Waals surface area contributed by atoms with E-state index in [2.05, 4.69) is 4.74 Å². The van der Waals surface area contributed by atoms with Crippen LogP contribution >= 0.6 is 0 Å². The lowest BCUT2D eigenvalue weighted by molar-refractivity contribution is -0.125. The maximum atomic E-state index is 13.6. The molecule has 0 saturated carbocycles. The number of esters is 1. The van der Waals surface area contributed by atoms with E-state index in [1.54, 1.807) is 0 Å². The number of nitrogens with zero attached hydrogens (tertiary/aromatic N) is 1. The zero-order valence-electron chi connectivity index (χ0n) is 11.7. The van der Waals surface area contributed by atoms with Crippen molar-refractivity contribution in [3.8, 4) is 0 Å². The standard InChI is InChI=1S/C12H15FN2O5S/c1-7(11(14)16)20-12(17)9-6-8(4-5-10(9)13)21(18,19)15(2)3/h4-7H,1-3H3,(H2,14,16)/t7-/m1/s1. The van der Waals surface area contributed by atoms with Gasteiger partial charge in [-0.2, -0.15) is 0 Å². The normalized spacial score (nSPS) is 13.0. The minimum absolute atomic E-state index is 0.271. The quantitative estimate of drug-likeness (QED) is 0.775. The minimum Gasteiger partial charge on any atom is -0.449 e. The van der Waals surface area contributed by atoms with Gasteiger partial charge >= 0.3 is 5.97 Å². The molecule has 0 aliphatic heterocycles. The number of sulfonamides is 1. The number of hydrogen-bond acceptors (Lipinski definition) is 5. The van der Waals surface area contributed by atoms with Crippen molar-refractivity contribution in [2.24, 2.45) is 5.73 Å². The third kappa shape index (κ3) is 3.76. The van der Waals surface area contributed by atoms with Crippen LogP contribution in [0.5, 0.6) is 0 Å². The zero-order chi connectivity index (χ0) is 16.4. The Bertz CT molecular complexity index is 672. The van der Waals surface area contributed by atoms with Gasteiger partial charge in [0.25, 0.3) is 5.91 Å². The predicted molar refractivity (Wildman–Crippen MR) is 71.3 cm³/mol. The van der Waals surface area contributed by atoms with Gasteiger partial charge < -0.3 is 10.5 Å². The molecule has 0 fully saturated rings. The van der Waals surface area contributed by atoms with E-state index in [4.69, 9.17) is 5.73 Å². The molecule has 0 unspecified atom stereocenters. The molecule has 0 radical (unpaired) electrons. The van der Waals surface area contributed by atoms with Crippen LogP contribution in [0, 0.1) is 5.82 Å². The van der Waals surface area contributed by atoms with Crippen LogP contribution in [-0.2, 0) is 19.6 Å². The summed E-state index contributed by atoms with van der Waals surface area (Å²) < 4.78 is 43.0. The molecular weight excluding hydrogens is 303 g/mol. The molecule has 21 heavy (non-hydrogen) atoms. The highest BCUT2D eigenvalue weighted by atomic mass is 32.2. The van der Waals surface area contributed by atoms with E-state index >= 15 is 0 Å². The highest BCUT2D eigenvalue weighted by molar-refractivity contribution is 7.89. The van der Waals surface area contributed by atoms with Crippen LogP contribution in [0.4, 0.5) is 4.39 Å². The van der Waals surface area contributed by atoms with Crippen LogP contribution in [0.3, 0.4) is 0 Å². The summed E-state index contributed by atoms with van der Waals surface area (Å²) in [6.45, 7) is 1.22. The first-order valence-corrected chi connectivity index (χ1v) is 7.23. The van der Waals surface area contributed by atoms with E-state index in [1.165, 1.54) is 21.0 Å². The molecule has 9 heteroatoms. The van der Waals surface area contributed by atoms with Crippen LogP contribution < -0.4 is 5.73 Å². The Morgan fingerprint density at radius 3 is 2.38 bits per heavy atom. The zero-order valence-corrected chi connectivity index (χ0v) is 12.5. The number of amides is 1. The molecule has 0 saturated heterocycles. The van der Waals surface area contributed by atoms with Crippen molar-refractivity contribution in [2.45, 2.75) is 17.9 Å². The first kappa shape index (κ1) is 17.1. The van der Waals surface area contributed by atoms with Crippen molar-refractivity contribution >= 4 is 21.9 Å². The fraction of sp³-hybridized carbons (Fsp3) is 0.333. The Morgan fingerprint density at radius 1 is 1.33 bits per heavy atom. The Morgan fingerprint density at radius 2 is 1.90 bits per heavy atom. The number of halogens is 1. The molecule has 1 amide bonds. The van der Waals surface area contributed by atoms with E-state index in [0.29, 0.717) is 0 Å². The summed E-state index contributed by atoms with van der Waals surface area (Å²) in [6, 6.07) is 2.71. The van der Waals surface area contributed by atoms with Gasteiger partial charge in [0.05, 0.1) is 10.5 Å². The monoisotopic (exact) mass is 318 g/mol. The number of benzene rings is 1. The van der Waals surface area contributed by atoms with Crippen molar-refractivity contribution in [3.63, 3.8) is 0 Å². The average Bonchev–Trinajstić information content (AvgIpc) is 2.38. The second-order valence-corrected chi connectivity index (χ2v) is 6.53. The van der Waals surface area contributed by atoms with Crippen molar-refractivity contribution in [1.82, 2.24) is 4.31 Å². The molecule has 2 N–H and O–H groups in total. The third-order valence-corrected chi connectivity index (χ3v) is 4.43. The van der Waals surface area contributed by atoms with Gasteiger partial charge in [-0.05, 0) is 25.1 Å². The predicted octanol–water partition coefficient (Wildman–Crippen LogP) is 0.107. The molecule has 0 spiro atoms. The van der Waals surface area contributed by atoms with Gasteiger partial charge in [0.1, 0.15) is 5.82 Å². The van der Waals surface area contributed by atoms with Gasteiger partial charge in [-0.1, -0.05) is 0 Å². The smallest absolute Gasteiger partial charge is 0.341 e. The van der Waals surface area contributed by atoms with Crippen molar-refractivity contribution < 1.29 is 27.1 Å². The Hall–Kier alpha value is -2.00. The molecule has 116 valence electrons. The summed E-state index contributed by atoms with van der Waals surface area (Å²) in [5.74, 6) is -3.04. The minimum atomic E-state index is -3.83. The molecule has 0 aromatic heterocycles. The van der Waals surface area contributed by atoms with Crippen LogP contribution in [0.2, 0.25) is 0 Å². The maximum absolute atomic E-state index is 13.6. The summed E-state index contributed by atoms with van der Waals surface area (Å²) in [4.78, 5) is 22.3. The number of hydrogen-bond donors (Lipinski definition) is 1. The van der Waals surface area contributed by atoms with Gasteiger partial charge in [0.2, 0.25) is 10.0 Å². The summed E-state index contributed by atoms with van der Waals surface area (Å²) in [5, 5.41) is 0. The Kier molecular flexibility index (Phi) is 5.02. The van der Waals surface area contributed by atoms with Crippen molar-refractivity contribution in [3.05, 3.63) is 29.6 Å². The molecule has 0 aliphatic carbocycles. The molecular formula is C12H15FN2O5S. The number of rotatable bonds is 5. The topological polar surface area (TPSA) is 107 Å². The summed E-state index contributed by atoms with van der Waals surface area (Å²) in [6.07, 6.45) is -1.26. The van der Waals surface area contributed by atoms with Crippen LogP contribution in [0.1, 0.15) is 17.3 Å². The SMILES string of the molecule is C[C@@H](OC(=O)c1cc(S(=O)(=O)N(C)C)ccc1F)C(N)=O. The molecule has 0 aliphatic rings. The third-order valence-electron chi connectivity index (χ3n) is 2.62. The molecule has 1 aromatic carbocycles. The highest BCUT2D eigenvalue weighted by Crippen LogP contribution is 2.18. The molecule has 1 aromatic rings. The van der Waals surface area contributed by atoms with Gasteiger partial charge in [-0.25, -0.2) is 21.9 Å². The molecule has 0 bridgehead atoms. The maximum Gasteiger partial charge on any atom is 0.341 e. The summed E-state index contributed by atoms with van der Waals surface area (Å²) in [7, 11) is -1.23. The van der Waals surface area contributed by atoms with Crippen LogP contribution in [-0.4, -0.2) is 44.8 Å². The van der Waals surface area contributed by atoms with Gasteiger partial charge in [0, 0.05) is 14.1 Å². The molecule has 1 rings (SSSR count). The lowest BCUT2D eigenvalue weighted by atomic mass is 10.2. The number of ether oxygens (including phenoxy) is 1. The Balaban J connectivity index is 3.20. The molecule has 0 heterocycles. The number of carbonyl (C=O) groups excluding carboxylic acids is 2. The Labute approximate surface area is 121 Å².